The fraction of sp³-hybridized carbons (Fsp3) is 0.0667. The molecule has 1 aromatic carbocycles. The molecule has 0 spiro atoms. The van der Waals surface area contributed by atoms with Crippen molar-refractivity contribution in [3.63, 3.8) is 0 Å². The predicted molar refractivity (Wildman–Crippen MR) is 81.2 cm³/mol. The highest BCUT2D eigenvalue weighted by molar-refractivity contribution is 7.91. The molecule has 0 bridgehead atoms. The lowest BCUT2D eigenvalue weighted by molar-refractivity contribution is 0.580. The molecule has 7 heteroatoms. The van der Waals surface area contributed by atoms with Crippen LogP contribution in [0.15, 0.2) is 69.2 Å². The predicted octanol–water partition coefficient (Wildman–Crippen LogP) is 2.61. The number of aromatic nitrogens is 2. The van der Waals surface area contributed by atoms with Gasteiger partial charge in [0.25, 0.3) is 0 Å². The largest absolute Gasteiger partial charge is 0.419 e. The van der Waals surface area contributed by atoms with Crippen molar-refractivity contribution in [2.75, 3.05) is 12.4 Å². The quantitative estimate of drug-likeness (QED) is 0.796. The molecule has 0 radical (unpaired) electrons. The summed E-state index contributed by atoms with van der Waals surface area (Å²) in [6, 6.07) is 11.6. The van der Waals surface area contributed by atoms with Crippen molar-refractivity contribution in [3.8, 4) is 11.5 Å². The van der Waals surface area contributed by atoms with E-state index >= 15 is 0 Å². The molecule has 2 aromatic heterocycles. The zero-order valence-corrected chi connectivity index (χ0v) is 12.5. The molecule has 6 nitrogen and oxygen atoms in total. The number of hydrogen-bond donors (Lipinski definition) is 1. The second kappa shape index (κ2) is 5.61. The summed E-state index contributed by atoms with van der Waals surface area (Å²) in [5.41, 5.74) is 0.605. The van der Waals surface area contributed by atoms with E-state index in [2.05, 4.69) is 15.3 Å². The minimum atomic E-state index is -3.76. The van der Waals surface area contributed by atoms with E-state index in [1.54, 1.807) is 49.8 Å². The molecule has 3 aromatic rings. The number of nitrogens with one attached hydrogen (secondary N) is 1. The minimum Gasteiger partial charge on any atom is -0.419 e. The Labute approximate surface area is 127 Å². The molecule has 0 aliphatic rings. The first-order chi connectivity index (χ1) is 10.6. The number of nitrogens with zero attached hydrogens (tertiary/aromatic N) is 2. The molecule has 0 amide bonds. The van der Waals surface area contributed by atoms with Gasteiger partial charge < -0.3 is 9.73 Å². The van der Waals surface area contributed by atoms with Crippen LogP contribution in [0.2, 0.25) is 0 Å². The fourth-order valence-corrected chi connectivity index (χ4v) is 3.30. The van der Waals surface area contributed by atoms with Crippen LogP contribution >= 0.6 is 0 Å². The van der Waals surface area contributed by atoms with Gasteiger partial charge in [-0.1, -0.05) is 18.2 Å². The molecule has 2 heterocycles. The van der Waals surface area contributed by atoms with E-state index < -0.39 is 9.84 Å². The Balaban J connectivity index is 2.14. The number of benzene rings is 1. The van der Waals surface area contributed by atoms with Crippen molar-refractivity contribution in [3.05, 3.63) is 54.9 Å². The van der Waals surface area contributed by atoms with Gasteiger partial charge in [-0.2, -0.15) is 4.98 Å². The highest BCUT2D eigenvalue weighted by Gasteiger charge is 2.27. The van der Waals surface area contributed by atoms with Gasteiger partial charge in [0.1, 0.15) is 0 Å². The SMILES string of the molecule is CNc1oc(-c2cccnc2)nc1S(=O)(=O)c1ccccc1. The van der Waals surface area contributed by atoms with E-state index in [1.165, 1.54) is 12.1 Å². The molecular weight excluding hydrogens is 302 g/mol. The molecule has 3 rings (SSSR count). The third-order valence-electron chi connectivity index (χ3n) is 3.04. The monoisotopic (exact) mass is 315 g/mol. The van der Waals surface area contributed by atoms with E-state index in [0.717, 1.165) is 0 Å². The Bertz CT molecular complexity index is 875. The minimum absolute atomic E-state index is 0.0997. The first kappa shape index (κ1) is 14.3. The normalized spacial score (nSPS) is 11.3. The summed E-state index contributed by atoms with van der Waals surface area (Å²) in [4.78, 5) is 8.28. The molecule has 1 N–H and O–H groups in total. The van der Waals surface area contributed by atoms with Gasteiger partial charge in [0.05, 0.1) is 10.5 Å². The van der Waals surface area contributed by atoms with Crippen molar-refractivity contribution in [2.45, 2.75) is 9.92 Å². The Kier molecular flexibility index (Phi) is 3.64. The van der Waals surface area contributed by atoms with E-state index in [1.807, 2.05) is 0 Å². The molecule has 0 saturated carbocycles. The van der Waals surface area contributed by atoms with E-state index in [-0.39, 0.29) is 21.7 Å². The molecule has 0 saturated heterocycles. The van der Waals surface area contributed by atoms with Crippen molar-refractivity contribution in [1.82, 2.24) is 9.97 Å². The molecule has 112 valence electrons. The molecule has 0 unspecified atom stereocenters. The van der Waals surface area contributed by atoms with Crippen LogP contribution in [0.3, 0.4) is 0 Å². The van der Waals surface area contributed by atoms with Crippen LogP contribution in [0.5, 0.6) is 0 Å². The zero-order chi connectivity index (χ0) is 15.6. The highest BCUT2D eigenvalue weighted by atomic mass is 32.2. The van der Waals surface area contributed by atoms with E-state index in [9.17, 15) is 8.42 Å². The number of hydrogen-bond acceptors (Lipinski definition) is 6. The summed E-state index contributed by atoms with van der Waals surface area (Å²) in [6.07, 6.45) is 3.18. The summed E-state index contributed by atoms with van der Waals surface area (Å²) < 4.78 is 30.9. The second-order valence-electron chi connectivity index (χ2n) is 4.46. The number of oxazole rings is 1. The Morgan fingerprint density at radius 2 is 1.86 bits per heavy atom. The molecular formula is C15H13N3O3S. The Morgan fingerprint density at radius 1 is 1.09 bits per heavy atom. The first-order valence-electron chi connectivity index (χ1n) is 6.52. The van der Waals surface area contributed by atoms with Crippen LogP contribution in [0.1, 0.15) is 0 Å². The summed E-state index contributed by atoms with van der Waals surface area (Å²) in [7, 11) is -2.18. The lowest BCUT2D eigenvalue weighted by Crippen LogP contribution is -2.05. The number of pyridine rings is 1. The average molecular weight is 315 g/mol. The third kappa shape index (κ3) is 2.46. The van der Waals surface area contributed by atoms with Crippen molar-refractivity contribution in [1.29, 1.82) is 0 Å². The average Bonchev–Trinajstić information content (AvgIpc) is 3.02. The zero-order valence-electron chi connectivity index (χ0n) is 11.7. The summed E-state index contributed by atoms with van der Waals surface area (Å²) in [5.74, 6) is 0.301. The van der Waals surface area contributed by atoms with E-state index in [4.69, 9.17) is 4.42 Å². The molecule has 22 heavy (non-hydrogen) atoms. The first-order valence-corrected chi connectivity index (χ1v) is 8.00. The molecule has 0 atom stereocenters. The van der Waals surface area contributed by atoms with Gasteiger partial charge in [0.15, 0.2) is 0 Å². The summed E-state index contributed by atoms with van der Waals surface area (Å²) >= 11 is 0. The number of anilines is 1. The van der Waals surface area contributed by atoms with E-state index in [0.29, 0.717) is 5.56 Å². The maximum Gasteiger partial charge on any atom is 0.233 e. The summed E-state index contributed by atoms with van der Waals surface area (Å²) in [6.45, 7) is 0. The van der Waals surface area contributed by atoms with Gasteiger partial charge in [-0.15, -0.1) is 0 Å². The van der Waals surface area contributed by atoms with Gasteiger partial charge in [-0.05, 0) is 24.3 Å². The van der Waals surface area contributed by atoms with Gasteiger partial charge in [-0.25, -0.2) is 8.42 Å². The van der Waals surface area contributed by atoms with Crippen LogP contribution in [0.25, 0.3) is 11.5 Å². The maximum atomic E-state index is 12.7. The number of sulfone groups is 1. The Morgan fingerprint density at radius 3 is 2.50 bits per heavy atom. The molecule has 0 aliphatic heterocycles. The van der Waals surface area contributed by atoms with Crippen LogP contribution in [0, 0.1) is 0 Å². The van der Waals surface area contributed by atoms with Crippen LogP contribution in [-0.2, 0) is 9.84 Å². The van der Waals surface area contributed by atoms with Crippen LogP contribution < -0.4 is 5.32 Å². The smallest absolute Gasteiger partial charge is 0.233 e. The standard InChI is InChI=1S/C15H13N3O3S/c1-16-14-15(22(19,20)12-7-3-2-4-8-12)18-13(21-14)11-6-5-9-17-10-11/h2-10,16H,1H3. The summed E-state index contributed by atoms with van der Waals surface area (Å²) in [5, 5.41) is 2.59. The molecule has 0 aliphatic carbocycles. The Hall–Kier alpha value is -2.67. The van der Waals surface area contributed by atoms with Crippen molar-refractivity contribution < 1.29 is 12.8 Å². The van der Waals surface area contributed by atoms with Gasteiger partial charge in [0, 0.05) is 19.4 Å². The highest BCUT2D eigenvalue weighted by Crippen LogP contribution is 2.31. The lowest BCUT2D eigenvalue weighted by Gasteiger charge is -2.02. The van der Waals surface area contributed by atoms with Crippen molar-refractivity contribution in [2.24, 2.45) is 0 Å². The van der Waals surface area contributed by atoms with Gasteiger partial charge in [-0.3, -0.25) is 4.98 Å². The van der Waals surface area contributed by atoms with Crippen LogP contribution in [0.4, 0.5) is 5.88 Å². The maximum absolute atomic E-state index is 12.7. The van der Waals surface area contributed by atoms with Crippen LogP contribution in [-0.4, -0.2) is 25.4 Å². The topological polar surface area (TPSA) is 85.1 Å². The van der Waals surface area contributed by atoms with Gasteiger partial charge in [0.2, 0.25) is 26.6 Å². The van der Waals surface area contributed by atoms with Gasteiger partial charge >= 0.3 is 0 Å². The lowest BCUT2D eigenvalue weighted by atomic mass is 10.3. The number of rotatable bonds is 4. The second-order valence-corrected chi connectivity index (χ2v) is 6.33. The fourth-order valence-electron chi connectivity index (χ4n) is 1.97. The van der Waals surface area contributed by atoms with Crippen molar-refractivity contribution >= 4 is 15.7 Å². The third-order valence-corrected chi connectivity index (χ3v) is 4.72. The molecule has 0 fully saturated rings.